The molecule has 1 saturated heterocycles. The first-order valence-corrected chi connectivity index (χ1v) is 10.7. The van der Waals surface area contributed by atoms with E-state index in [1.165, 1.54) is 19.3 Å². The van der Waals surface area contributed by atoms with E-state index in [0.717, 1.165) is 67.4 Å². The maximum atomic E-state index is 12.9. The molecular weight excluding hydrogens is 352 g/mol. The molecule has 1 aliphatic carbocycles. The summed E-state index contributed by atoms with van der Waals surface area (Å²) in [6.45, 7) is 9.42. The van der Waals surface area contributed by atoms with Gasteiger partial charge in [0.1, 0.15) is 16.9 Å². The monoisotopic (exact) mass is 384 g/mol. The second-order valence-corrected chi connectivity index (χ2v) is 8.61. The highest BCUT2D eigenvalue weighted by molar-refractivity contribution is 5.88. The fraction of sp³-hybridized carbons (Fsp3) is 0.714. The van der Waals surface area contributed by atoms with E-state index in [9.17, 15) is 4.79 Å². The van der Waals surface area contributed by atoms with Gasteiger partial charge in [-0.15, -0.1) is 0 Å². The zero-order valence-corrected chi connectivity index (χ0v) is 17.6. The van der Waals surface area contributed by atoms with E-state index in [4.69, 9.17) is 9.97 Å². The number of nitrogens with zero attached hydrogens (tertiary/aromatic N) is 6. The van der Waals surface area contributed by atoms with Crippen LogP contribution in [0.15, 0.2) is 0 Å². The topological polar surface area (TPSA) is 67.2 Å². The predicted octanol–water partition coefficient (Wildman–Crippen LogP) is 3.02. The van der Waals surface area contributed by atoms with Gasteiger partial charge in [0.05, 0.1) is 5.69 Å². The second-order valence-electron chi connectivity index (χ2n) is 8.61. The largest absolute Gasteiger partial charge is 0.351 e. The standard InChI is InChI=1S/C21H32N6O/c1-14(2)19-22-17-15(3)24-25(4)18(17)20(23-19)26-10-12-27(13-11-26)21(28)16-8-6-5-7-9-16/h14,16H,5-13H2,1-4H3. The molecule has 3 heterocycles. The van der Waals surface area contributed by atoms with Gasteiger partial charge in [-0.25, -0.2) is 9.97 Å². The molecule has 152 valence electrons. The minimum absolute atomic E-state index is 0.248. The van der Waals surface area contributed by atoms with Crippen LogP contribution in [0.3, 0.4) is 0 Å². The molecule has 7 heteroatoms. The van der Waals surface area contributed by atoms with E-state index in [1.54, 1.807) is 0 Å². The molecule has 2 fully saturated rings. The SMILES string of the molecule is Cc1nn(C)c2c(N3CCN(C(=O)C4CCCCC4)CC3)nc(C(C)C)nc12. The first-order chi connectivity index (χ1) is 13.5. The highest BCUT2D eigenvalue weighted by atomic mass is 16.2. The zero-order valence-electron chi connectivity index (χ0n) is 17.6. The van der Waals surface area contributed by atoms with Gasteiger partial charge >= 0.3 is 0 Å². The predicted molar refractivity (Wildman–Crippen MR) is 110 cm³/mol. The van der Waals surface area contributed by atoms with E-state index < -0.39 is 0 Å². The fourth-order valence-corrected chi connectivity index (χ4v) is 4.56. The van der Waals surface area contributed by atoms with Gasteiger partial charge < -0.3 is 9.80 Å². The van der Waals surface area contributed by atoms with Crippen molar-refractivity contribution in [3.63, 3.8) is 0 Å². The Morgan fingerprint density at radius 1 is 1.04 bits per heavy atom. The smallest absolute Gasteiger partial charge is 0.225 e. The number of carbonyl (C=O) groups is 1. The average Bonchev–Trinajstić information content (AvgIpc) is 3.01. The molecule has 28 heavy (non-hydrogen) atoms. The maximum Gasteiger partial charge on any atom is 0.225 e. The number of aromatic nitrogens is 4. The van der Waals surface area contributed by atoms with Crippen molar-refractivity contribution in [1.82, 2.24) is 24.6 Å². The van der Waals surface area contributed by atoms with Crippen molar-refractivity contribution in [3.8, 4) is 0 Å². The van der Waals surface area contributed by atoms with Gasteiger partial charge in [0.15, 0.2) is 5.82 Å². The highest BCUT2D eigenvalue weighted by Gasteiger charge is 2.30. The van der Waals surface area contributed by atoms with Crippen LogP contribution in [-0.4, -0.2) is 56.7 Å². The Kier molecular flexibility index (Phi) is 5.25. The molecule has 0 aromatic carbocycles. The highest BCUT2D eigenvalue weighted by Crippen LogP contribution is 2.30. The molecule has 0 unspecified atom stereocenters. The van der Waals surface area contributed by atoms with Crippen molar-refractivity contribution < 1.29 is 4.79 Å². The number of carbonyl (C=O) groups excluding carboxylic acids is 1. The van der Waals surface area contributed by atoms with E-state index in [0.29, 0.717) is 5.91 Å². The van der Waals surface area contributed by atoms with Crippen LogP contribution in [0.5, 0.6) is 0 Å². The molecule has 0 bridgehead atoms. The van der Waals surface area contributed by atoms with Crippen LogP contribution in [0.25, 0.3) is 11.0 Å². The fourth-order valence-electron chi connectivity index (χ4n) is 4.56. The van der Waals surface area contributed by atoms with Gasteiger partial charge in [-0.3, -0.25) is 9.48 Å². The van der Waals surface area contributed by atoms with E-state index in [1.807, 2.05) is 18.7 Å². The lowest BCUT2D eigenvalue weighted by atomic mass is 9.88. The molecule has 2 aliphatic rings. The molecule has 1 aliphatic heterocycles. The number of hydrogen-bond acceptors (Lipinski definition) is 5. The Labute approximate surface area is 167 Å². The van der Waals surface area contributed by atoms with Gasteiger partial charge in [0, 0.05) is 45.1 Å². The van der Waals surface area contributed by atoms with Crippen LogP contribution in [0.4, 0.5) is 5.82 Å². The van der Waals surface area contributed by atoms with Gasteiger partial charge in [-0.2, -0.15) is 5.10 Å². The number of aryl methyl sites for hydroxylation is 2. The van der Waals surface area contributed by atoms with Crippen molar-refractivity contribution in [2.24, 2.45) is 13.0 Å². The summed E-state index contributed by atoms with van der Waals surface area (Å²) in [6.07, 6.45) is 5.82. The first-order valence-electron chi connectivity index (χ1n) is 10.7. The van der Waals surface area contributed by atoms with Gasteiger partial charge in [0.2, 0.25) is 5.91 Å². The Hall–Kier alpha value is -2.18. The van der Waals surface area contributed by atoms with Gasteiger partial charge in [0.25, 0.3) is 0 Å². The van der Waals surface area contributed by atoms with Crippen LogP contribution in [0, 0.1) is 12.8 Å². The van der Waals surface area contributed by atoms with Crippen molar-refractivity contribution in [2.75, 3.05) is 31.1 Å². The summed E-state index contributed by atoms with van der Waals surface area (Å²) >= 11 is 0. The van der Waals surface area contributed by atoms with Crippen LogP contribution < -0.4 is 4.90 Å². The van der Waals surface area contributed by atoms with Crippen molar-refractivity contribution in [1.29, 1.82) is 0 Å². The molecule has 1 amide bonds. The van der Waals surface area contributed by atoms with Crippen LogP contribution in [0.2, 0.25) is 0 Å². The van der Waals surface area contributed by atoms with Crippen molar-refractivity contribution in [2.45, 2.75) is 58.8 Å². The molecule has 0 N–H and O–H groups in total. The Balaban J connectivity index is 1.56. The molecule has 2 aromatic heterocycles. The molecule has 0 radical (unpaired) electrons. The minimum atomic E-state index is 0.248. The number of rotatable bonds is 3. The molecule has 0 spiro atoms. The summed E-state index contributed by atoms with van der Waals surface area (Å²) < 4.78 is 1.89. The molecule has 7 nitrogen and oxygen atoms in total. The van der Waals surface area contributed by atoms with Crippen LogP contribution >= 0.6 is 0 Å². The summed E-state index contributed by atoms with van der Waals surface area (Å²) in [5.74, 6) is 2.70. The molecule has 1 saturated carbocycles. The minimum Gasteiger partial charge on any atom is -0.351 e. The number of anilines is 1. The second kappa shape index (κ2) is 7.68. The normalized spacial score (nSPS) is 19.0. The van der Waals surface area contributed by atoms with Gasteiger partial charge in [-0.05, 0) is 19.8 Å². The van der Waals surface area contributed by atoms with Gasteiger partial charge in [-0.1, -0.05) is 33.1 Å². The first kappa shape index (κ1) is 19.2. The summed E-state index contributed by atoms with van der Waals surface area (Å²) in [5.41, 5.74) is 2.88. The Morgan fingerprint density at radius 2 is 1.71 bits per heavy atom. The lowest BCUT2D eigenvalue weighted by Crippen LogP contribution is -2.51. The van der Waals surface area contributed by atoms with Crippen LogP contribution in [0.1, 0.15) is 63.4 Å². The number of hydrogen-bond donors (Lipinski definition) is 0. The summed E-state index contributed by atoms with van der Waals surface area (Å²) in [7, 11) is 1.96. The number of piperazine rings is 1. The third-order valence-electron chi connectivity index (χ3n) is 6.21. The summed E-state index contributed by atoms with van der Waals surface area (Å²) in [6, 6.07) is 0. The lowest BCUT2D eigenvalue weighted by Gasteiger charge is -2.38. The number of amides is 1. The number of fused-ring (bicyclic) bond motifs is 1. The average molecular weight is 385 g/mol. The van der Waals surface area contributed by atoms with Crippen LogP contribution in [-0.2, 0) is 11.8 Å². The molecule has 0 atom stereocenters. The molecular formula is C21H32N6O. The Bertz CT molecular complexity index is 859. The third kappa shape index (κ3) is 3.47. The summed E-state index contributed by atoms with van der Waals surface area (Å²) in [4.78, 5) is 26.9. The zero-order chi connectivity index (χ0) is 19.8. The van der Waals surface area contributed by atoms with E-state index in [2.05, 4.69) is 28.7 Å². The Morgan fingerprint density at radius 3 is 2.36 bits per heavy atom. The summed E-state index contributed by atoms with van der Waals surface area (Å²) in [5, 5.41) is 4.57. The maximum absolute atomic E-state index is 12.9. The van der Waals surface area contributed by atoms with E-state index in [-0.39, 0.29) is 11.8 Å². The quantitative estimate of drug-likeness (QED) is 0.814. The third-order valence-corrected chi connectivity index (χ3v) is 6.21. The van der Waals surface area contributed by atoms with E-state index >= 15 is 0 Å². The van der Waals surface area contributed by atoms with Crippen molar-refractivity contribution >= 4 is 22.8 Å². The molecule has 4 rings (SSSR count). The van der Waals surface area contributed by atoms with Crippen molar-refractivity contribution in [3.05, 3.63) is 11.5 Å². The molecule has 2 aromatic rings. The lowest BCUT2D eigenvalue weighted by molar-refractivity contribution is -0.136.